The summed E-state index contributed by atoms with van der Waals surface area (Å²) in [5, 5.41) is 0. The molecular weight excluding hydrogens is 156 g/mol. The van der Waals surface area contributed by atoms with Crippen LogP contribution in [0.1, 0.15) is 18.0 Å². The predicted molar refractivity (Wildman–Crippen MR) is 44.6 cm³/mol. The van der Waals surface area contributed by atoms with Gasteiger partial charge in [0, 0.05) is 26.7 Å². The highest BCUT2D eigenvalue weighted by molar-refractivity contribution is 4.95. The maximum Gasteiger partial charge on any atom is 0.194 e. The molecule has 0 fully saturated rings. The molecule has 0 saturated carbocycles. The molecule has 0 amide bonds. The Hall–Kier alpha value is -0.870. The molecule has 0 aliphatic rings. The molecule has 4 heteroatoms. The molecule has 4 nitrogen and oxygen atoms in total. The van der Waals surface area contributed by atoms with E-state index in [-0.39, 0.29) is 0 Å². The summed E-state index contributed by atoms with van der Waals surface area (Å²) >= 11 is 0. The topological polar surface area (TPSA) is 61.3 Å². The molecule has 0 unspecified atom stereocenters. The van der Waals surface area contributed by atoms with Gasteiger partial charge in [0.25, 0.3) is 0 Å². The molecule has 0 saturated heterocycles. The van der Waals surface area contributed by atoms with Crippen LogP contribution in [0, 0.1) is 0 Å². The van der Waals surface area contributed by atoms with Gasteiger partial charge in [0.15, 0.2) is 5.89 Å². The Morgan fingerprint density at radius 2 is 2.50 bits per heavy atom. The fraction of sp³-hybridized carbons (Fsp3) is 0.625. The first-order chi connectivity index (χ1) is 5.86. The number of oxazole rings is 1. The number of aromatic nitrogens is 1. The van der Waals surface area contributed by atoms with E-state index >= 15 is 0 Å². The van der Waals surface area contributed by atoms with Gasteiger partial charge in [-0.25, -0.2) is 4.98 Å². The highest BCUT2D eigenvalue weighted by atomic mass is 16.5. The summed E-state index contributed by atoms with van der Waals surface area (Å²) in [7, 11) is 1.68. The minimum Gasteiger partial charge on any atom is -0.449 e. The largest absolute Gasteiger partial charge is 0.449 e. The van der Waals surface area contributed by atoms with Gasteiger partial charge in [-0.3, -0.25) is 0 Å². The second-order valence-electron chi connectivity index (χ2n) is 2.53. The first-order valence-corrected chi connectivity index (χ1v) is 3.99. The summed E-state index contributed by atoms with van der Waals surface area (Å²) < 4.78 is 10.1. The van der Waals surface area contributed by atoms with E-state index in [1.807, 2.05) is 0 Å². The van der Waals surface area contributed by atoms with E-state index in [1.54, 1.807) is 13.4 Å². The van der Waals surface area contributed by atoms with E-state index in [4.69, 9.17) is 14.9 Å². The molecule has 0 aliphatic heterocycles. The molecule has 0 spiro atoms. The molecule has 0 bridgehead atoms. The average Bonchev–Trinajstić information content (AvgIpc) is 2.53. The first kappa shape index (κ1) is 9.22. The number of ether oxygens (including phenoxy) is 1. The van der Waals surface area contributed by atoms with Gasteiger partial charge in [0.2, 0.25) is 0 Å². The Balaban J connectivity index is 2.31. The summed E-state index contributed by atoms with van der Waals surface area (Å²) in [6, 6.07) is 0. The lowest BCUT2D eigenvalue weighted by Crippen LogP contribution is -1.97. The van der Waals surface area contributed by atoms with Crippen LogP contribution >= 0.6 is 0 Å². The second kappa shape index (κ2) is 4.90. The van der Waals surface area contributed by atoms with Crippen molar-refractivity contribution in [2.45, 2.75) is 19.4 Å². The van der Waals surface area contributed by atoms with Crippen molar-refractivity contribution in [1.82, 2.24) is 4.98 Å². The van der Waals surface area contributed by atoms with Crippen LogP contribution in [-0.2, 0) is 17.7 Å². The SMILES string of the molecule is COCCCc1nc(CN)co1. The zero-order valence-corrected chi connectivity index (χ0v) is 7.25. The maximum atomic E-state index is 5.37. The molecule has 1 rings (SSSR count). The van der Waals surface area contributed by atoms with Crippen molar-refractivity contribution < 1.29 is 9.15 Å². The van der Waals surface area contributed by atoms with Crippen molar-refractivity contribution >= 4 is 0 Å². The van der Waals surface area contributed by atoms with E-state index < -0.39 is 0 Å². The fourth-order valence-electron chi connectivity index (χ4n) is 0.925. The van der Waals surface area contributed by atoms with Gasteiger partial charge in [-0.1, -0.05) is 0 Å². The number of methoxy groups -OCH3 is 1. The Labute approximate surface area is 71.7 Å². The normalized spacial score (nSPS) is 10.5. The van der Waals surface area contributed by atoms with E-state index in [2.05, 4.69) is 4.98 Å². The minimum atomic E-state index is 0.438. The van der Waals surface area contributed by atoms with Gasteiger partial charge in [0.1, 0.15) is 6.26 Å². The monoisotopic (exact) mass is 170 g/mol. The Bertz CT molecular complexity index is 223. The van der Waals surface area contributed by atoms with Crippen LogP contribution in [0.25, 0.3) is 0 Å². The second-order valence-corrected chi connectivity index (χ2v) is 2.53. The molecule has 0 aromatic carbocycles. The quantitative estimate of drug-likeness (QED) is 0.661. The highest BCUT2D eigenvalue weighted by Crippen LogP contribution is 2.03. The Kier molecular flexibility index (Phi) is 3.76. The lowest BCUT2D eigenvalue weighted by Gasteiger charge is -1.93. The summed E-state index contributed by atoms with van der Waals surface area (Å²) in [5.74, 6) is 0.743. The first-order valence-electron chi connectivity index (χ1n) is 3.99. The highest BCUT2D eigenvalue weighted by Gasteiger charge is 2.01. The molecule has 0 atom stereocenters. The summed E-state index contributed by atoms with van der Waals surface area (Å²) in [4.78, 5) is 4.15. The molecule has 0 radical (unpaired) electrons. The van der Waals surface area contributed by atoms with Crippen molar-refractivity contribution in [2.24, 2.45) is 5.73 Å². The number of nitrogens with zero attached hydrogens (tertiary/aromatic N) is 1. The summed E-state index contributed by atoms with van der Waals surface area (Å²) in [6.45, 7) is 1.17. The summed E-state index contributed by atoms with van der Waals surface area (Å²) in [6.07, 6.45) is 3.34. The Morgan fingerprint density at radius 3 is 3.08 bits per heavy atom. The minimum absolute atomic E-state index is 0.438. The van der Waals surface area contributed by atoms with Gasteiger partial charge in [-0.05, 0) is 6.42 Å². The van der Waals surface area contributed by atoms with Gasteiger partial charge in [-0.2, -0.15) is 0 Å². The molecule has 12 heavy (non-hydrogen) atoms. The van der Waals surface area contributed by atoms with Gasteiger partial charge < -0.3 is 14.9 Å². The van der Waals surface area contributed by atoms with Crippen LogP contribution in [0.5, 0.6) is 0 Å². The lowest BCUT2D eigenvalue weighted by atomic mass is 10.3. The lowest BCUT2D eigenvalue weighted by molar-refractivity contribution is 0.193. The third kappa shape index (κ3) is 2.64. The van der Waals surface area contributed by atoms with Crippen molar-refractivity contribution in [3.05, 3.63) is 17.8 Å². The smallest absolute Gasteiger partial charge is 0.194 e. The van der Waals surface area contributed by atoms with Crippen molar-refractivity contribution in [1.29, 1.82) is 0 Å². The van der Waals surface area contributed by atoms with E-state index in [0.717, 1.165) is 31.0 Å². The molecular formula is C8H14N2O2. The van der Waals surface area contributed by atoms with Crippen molar-refractivity contribution in [2.75, 3.05) is 13.7 Å². The number of hydrogen-bond acceptors (Lipinski definition) is 4. The average molecular weight is 170 g/mol. The van der Waals surface area contributed by atoms with Crippen molar-refractivity contribution in [3.63, 3.8) is 0 Å². The van der Waals surface area contributed by atoms with E-state index in [9.17, 15) is 0 Å². The van der Waals surface area contributed by atoms with Crippen LogP contribution in [0.4, 0.5) is 0 Å². The van der Waals surface area contributed by atoms with E-state index in [0.29, 0.717) is 6.54 Å². The third-order valence-electron chi connectivity index (χ3n) is 1.55. The molecule has 2 N–H and O–H groups in total. The molecule has 68 valence electrons. The zero-order chi connectivity index (χ0) is 8.81. The van der Waals surface area contributed by atoms with Crippen LogP contribution in [0.2, 0.25) is 0 Å². The molecule has 1 aromatic heterocycles. The van der Waals surface area contributed by atoms with Crippen molar-refractivity contribution in [3.8, 4) is 0 Å². The van der Waals surface area contributed by atoms with Gasteiger partial charge in [0.05, 0.1) is 5.69 Å². The molecule has 0 aliphatic carbocycles. The zero-order valence-electron chi connectivity index (χ0n) is 7.25. The third-order valence-corrected chi connectivity index (χ3v) is 1.55. The van der Waals surface area contributed by atoms with Crippen LogP contribution < -0.4 is 5.73 Å². The standard InChI is InChI=1S/C8H14N2O2/c1-11-4-2-3-8-10-7(5-9)6-12-8/h6H,2-5,9H2,1H3. The number of aryl methyl sites for hydroxylation is 1. The molecule has 1 heterocycles. The van der Waals surface area contributed by atoms with Crippen LogP contribution in [0.15, 0.2) is 10.7 Å². The number of nitrogens with two attached hydrogens (primary N) is 1. The van der Waals surface area contributed by atoms with E-state index in [1.165, 1.54) is 0 Å². The van der Waals surface area contributed by atoms with Gasteiger partial charge in [-0.15, -0.1) is 0 Å². The van der Waals surface area contributed by atoms with Crippen LogP contribution in [0.3, 0.4) is 0 Å². The molecule has 1 aromatic rings. The van der Waals surface area contributed by atoms with Crippen LogP contribution in [-0.4, -0.2) is 18.7 Å². The van der Waals surface area contributed by atoms with Gasteiger partial charge >= 0.3 is 0 Å². The summed E-state index contributed by atoms with van der Waals surface area (Å²) in [5.41, 5.74) is 6.18. The fourth-order valence-corrected chi connectivity index (χ4v) is 0.925. The maximum absolute atomic E-state index is 5.37. The predicted octanol–water partition coefficient (Wildman–Crippen LogP) is 0.712. The Morgan fingerprint density at radius 1 is 1.67 bits per heavy atom. The number of hydrogen-bond donors (Lipinski definition) is 1. The number of rotatable bonds is 5.